The van der Waals surface area contributed by atoms with Crippen LogP contribution in [0.1, 0.15) is 54.7 Å². The summed E-state index contributed by atoms with van der Waals surface area (Å²) in [7, 11) is 0. The molecule has 0 saturated heterocycles. The molecule has 76 heavy (non-hydrogen) atoms. The molecule has 2 heterocycles. The summed E-state index contributed by atoms with van der Waals surface area (Å²) in [5, 5.41) is 11.7. The van der Waals surface area contributed by atoms with Crippen molar-refractivity contribution in [3.05, 3.63) is 241 Å². The molecule has 0 aliphatic heterocycles. The fourth-order valence-corrected chi connectivity index (χ4v) is 13.0. The Morgan fingerprint density at radius 3 is 1.54 bits per heavy atom. The maximum Gasteiger partial charge on any atom is 0.159 e. The highest BCUT2D eigenvalue weighted by molar-refractivity contribution is 6.30. The lowest BCUT2D eigenvalue weighted by Crippen LogP contribution is -2.17. The van der Waals surface area contributed by atoms with Crippen molar-refractivity contribution in [1.29, 1.82) is 0 Å². The van der Waals surface area contributed by atoms with E-state index in [0.717, 1.165) is 122 Å². The molecule has 0 spiro atoms. The quantitative estimate of drug-likeness (QED) is 0.135. The van der Waals surface area contributed by atoms with Gasteiger partial charge in [0.2, 0.25) is 0 Å². The van der Waals surface area contributed by atoms with Crippen molar-refractivity contribution in [1.82, 2.24) is 0 Å². The number of fused-ring (bicyclic) bond motifs is 6. The van der Waals surface area contributed by atoms with E-state index in [0.29, 0.717) is 5.92 Å². The van der Waals surface area contributed by atoms with Gasteiger partial charge in [0.1, 0.15) is 11.2 Å². The molecule has 0 N–H and O–H groups in total. The van der Waals surface area contributed by atoms with Gasteiger partial charge in [-0.3, -0.25) is 0 Å². The summed E-state index contributed by atoms with van der Waals surface area (Å²) in [4.78, 5) is 5.04. The van der Waals surface area contributed by atoms with Crippen LogP contribution in [0.5, 0.6) is 0 Å². The highest BCUT2D eigenvalue weighted by atomic mass is 16.3. The summed E-state index contributed by atoms with van der Waals surface area (Å²) in [6, 6.07) is 82.6. The van der Waals surface area contributed by atoms with E-state index in [-0.39, 0.29) is 0 Å². The Balaban J connectivity index is 1.13. The number of aryl methyl sites for hydroxylation is 2. The monoisotopic (exact) mass is 978 g/mol. The molecule has 0 radical (unpaired) electrons. The fourth-order valence-electron chi connectivity index (χ4n) is 13.0. The zero-order valence-electron chi connectivity index (χ0n) is 42.7. The smallest absolute Gasteiger partial charge is 0.159 e. The summed E-state index contributed by atoms with van der Waals surface area (Å²) < 4.78 is 14.2. The van der Waals surface area contributed by atoms with Crippen LogP contribution in [-0.4, -0.2) is 0 Å². The van der Waals surface area contributed by atoms with Crippen molar-refractivity contribution >= 4 is 110 Å². The van der Waals surface area contributed by atoms with Crippen LogP contribution in [0.25, 0.3) is 98.4 Å². The van der Waals surface area contributed by atoms with Gasteiger partial charge in [0.25, 0.3) is 0 Å². The summed E-state index contributed by atoms with van der Waals surface area (Å²) in [6.45, 7) is 4.46. The van der Waals surface area contributed by atoms with Crippen LogP contribution in [0.4, 0.5) is 34.1 Å². The average molecular weight is 979 g/mol. The SMILES string of the molecule is Cc1ccc(-c2ccccc2)c(N(c2cc(N(c3c(C)cccc3-c3ccccc3)c3cccc4c3oc3ccccc34)c3ccc4cc(C5CCCCC5)cc5ccc2c3c54)c2cccc3c2oc2ccccc23)c1. The molecule has 2 aromatic heterocycles. The van der Waals surface area contributed by atoms with E-state index < -0.39 is 0 Å². The molecule has 4 heteroatoms. The maximum absolute atomic E-state index is 7.10. The van der Waals surface area contributed by atoms with Crippen LogP contribution in [0.3, 0.4) is 0 Å². The second kappa shape index (κ2) is 17.8. The van der Waals surface area contributed by atoms with E-state index in [9.17, 15) is 0 Å². The summed E-state index contributed by atoms with van der Waals surface area (Å²) in [6.07, 6.45) is 6.39. The lowest BCUT2D eigenvalue weighted by atomic mass is 9.82. The minimum Gasteiger partial charge on any atom is -0.454 e. The Bertz CT molecular complexity index is 4520. The van der Waals surface area contributed by atoms with Gasteiger partial charge in [0, 0.05) is 48.8 Å². The van der Waals surface area contributed by atoms with Crippen LogP contribution >= 0.6 is 0 Å². The van der Waals surface area contributed by atoms with Crippen molar-refractivity contribution in [2.24, 2.45) is 0 Å². The van der Waals surface area contributed by atoms with Gasteiger partial charge in [-0.05, 0) is 113 Å². The summed E-state index contributed by atoms with van der Waals surface area (Å²) in [5.74, 6) is 0.566. The summed E-state index contributed by atoms with van der Waals surface area (Å²) in [5.41, 5.74) is 17.9. The highest BCUT2D eigenvalue weighted by Crippen LogP contribution is 2.55. The molecular formula is C72H54N2O2. The van der Waals surface area contributed by atoms with Crippen LogP contribution in [0.15, 0.2) is 233 Å². The third-order valence-electron chi connectivity index (χ3n) is 16.5. The van der Waals surface area contributed by atoms with Crippen LogP contribution in [0, 0.1) is 13.8 Å². The maximum atomic E-state index is 7.10. The molecule has 0 atom stereocenters. The van der Waals surface area contributed by atoms with E-state index in [2.05, 4.69) is 248 Å². The van der Waals surface area contributed by atoms with Crippen molar-refractivity contribution in [3.63, 3.8) is 0 Å². The minimum absolute atomic E-state index is 0.566. The Morgan fingerprint density at radius 2 is 0.908 bits per heavy atom. The Morgan fingerprint density at radius 1 is 0.368 bits per heavy atom. The fraction of sp³-hybridized carbons (Fsp3) is 0.111. The van der Waals surface area contributed by atoms with Gasteiger partial charge in [-0.15, -0.1) is 0 Å². The largest absolute Gasteiger partial charge is 0.454 e. The summed E-state index contributed by atoms with van der Waals surface area (Å²) >= 11 is 0. The second-order valence-electron chi connectivity index (χ2n) is 21.1. The lowest BCUT2D eigenvalue weighted by molar-refractivity contribution is 0.444. The minimum atomic E-state index is 0.566. The number of nitrogens with zero attached hydrogens (tertiary/aromatic N) is 2. The number of hydrogen-bond acceptors (Lipinski definition) is 4. The van der Waals surface area contributed by atoms with Crippen LogP contribution < -0.4 is 9.80 Å². The van der Waals surface area contributed by atoms with Crippen molar-refractivity contribution in [3.8, 4) is 22.3 Å². The molecule has 0 bridgehead atoms. The third-order valence-corrected chi connectivity index (χ3v) is 16.5. The molecule has 0 amide bonds. The van der Waals surface area contributed by atoms with Gasteiger partial charge in [0.15, 0.2) is 11.2 Å². The van der Waals surface area contributed by atoms with E-state index in [1.165, 1.54) is 59.2 Å². The van der Waals surface area contributed by atoms with E-state index in [1.807, 2.05) is 0 Å². The van der Waals surface area contributed by atoms with Crippen molar-refractivity contribution in [2.75, 3.05) is 9.80 Å². The zero-order chi connectivity index (χ0) is 50.4. The first-order chi connectivity index (χ1) is 37.5. The highest BCUT2D eigenvalue weighted by Gasteiger charge is 2.31. The van der Waals surface area contributed by atoms with Gasteiger partial charge < -0.3 is 18.6 Å². The van der Waals surface area contributed by atoms with E-state index in [1.54, 1.807) is 0 Å². The van der Waals surface area contributed by atoms with Gasteiger partial charge in [0.05, 0.1) is 34.1 Å². The first-order valence-electron chi connectivity index (χ1n) is 27.0. The van der Waals surface area contributed by atoms with Crippen molar-refractivity contribution < 1.29 is 8.83 Å². The van der Waals surface area contributed by atoms with Crippen molar-refractivity contribution in [2.45, 2.75) is 51.9 Å². The topological polar surface area (TPSA) is 32.8 Å². The molecule has 1 fully saturated rings. The predicted molar refractivity (Wildman–Crippen MR) is 320 cm³/mol. The average Bonchev–Trinajstić information content (AvgIpc) is 4.19. The second-order valence-corrected chi connectivity index (χ2v) is 21.1. The van der Waals surface area contributed by atoms with Gasteiger partial charge in [-0.2, -0.15) is 0 Å². The molecule has 0 unspecified atom stereocenters. The number of benzene rings is 12. The molecule has 14 aromatic rings. The molecule has 364 valence electrons. The molecule has 1 saturated carbocycles. The van der Waals surface area contributed by atoms with Gasteiger partial charge in [-0.25, -0.2) is 0 Å². The number of rotatable bonds is 9. The number of anilines is 6. The van der Waals surface area contributed by atoms with Crippen LogP contribution in [-0.2, 0) is 0 Å². The molecule has 4 nitrogen and oxygen atoms in total. The first kappa shape index (κ1) is 44.4. The van der Waals surface area contributed by atoms with Gasteiger partial charge in [-0.1, -0.05) is 207 Å². The van der Waals surface area contributed by atoms with E-state index >= 15 is 0 Å². The predicted octanol–water partition coefficient (Wildman–Crippen LogP) is 21.3. The molecule has 12 aromatic carbocycles. The molecule has 1 aliphatic carbocycles. The Hall–Kier alpha value is -9.12. The number of para-hydroxylation sites is 5. The van der Waals surface area contributed by atoms with E-state index in [4.69, 9.17) is 8.83 Å². The standard InChI is InChI=1S/C72H54N2O2/c1-45-35-38-53(48-22-8-4-9-23-48)63(41-45)73(61-31-17-29-57-55-26-12-14-33-66(55)75-71(57)61)64-44-65(60-40-37-51-43-52(47-20-6-3-7-21-47)42-50-36-39-59(64)69(60)68(50)51)74(70-46(2)19-16-28-54(70)49-24-10-5-11-25-49)62-32-18-30-58-56-27-13-15-34-67(56)76-72(58)62/h4-5,8-19,22-44,47H,3,6-7,20-21H2,1-2H3. The number of hydrogen-bond donors (Lipinski definition) is 0. The first-order valence-corrected chi connectivity index (χ1v) is 27.0. The molecule has 15 rings (SSSR count). The lowest BCUT2D eigenvalue weighted by Gasteiger charge is -2.34. The third kappa shape index (κ3) is 7.04. The molecular weight excluding hydrogens is 925 g/mol. The zero-order valence-corrected chi connectivity index (χ0v) is 42.7. The van der Waals surface area contributed by atoms with Gasteiger partial charge >= 0.3 is 0 Å². The van der Waals surface area contributed by atoms with Crippen LogP contribution in [0.2, 0.25) is 0 Å². The molecule has 1 aliphatic rings. The Labute approximate surface area is 442 Å². The Kier molecular flexibility index (Phi) is 10.4. The number of furan rings is 2. The normalized spacial score (nSPS) is 13.3.